The van der Waals surface area contributed by atoms with Crippen molar-refractivity contribution in [2.75, 3.05) is 18.1 Å². The van der Waals surface area contributed by atoms with Gasteiger partial charge in [0.15, 0.2) is 11.6 Å². The Kier molecular flexibility index (Phi) is 3.11. The molecule has 2 heterocycles. The zero-order valence-corrected chi connectivity index (χ0v) is 10.0. The summed E-state index contributed by atoms with van der Waals surface area (Å²) in [5, 5.41) is 18.7. The number of hydrogen-bond acceptors (Lipinski definition) is 4. The fourth-order valence-electron chi connectivity index (χ4n) is 1.74. The van der Waals surface area contributed by atoms with Gasteiger partial charge in [0.1, 0.15) is 0 Å². The van der Waals surface area contributed by atoms with Gasteiger partial charge in [-0.1, -0.05) is 0 Å². The van der Waals surface area contributed by atoms with Crippen molar-refractivity contribution >= 4 is 27.7 Å². The van der Waals surface area contributed by atoms with Gasteiger partial charge in [0.25, 0.3) is 0 Å². The van der Waals surface area contributed by atoms with E-state index in [2.05, 4.69) is 20.9 Å². The Balaban J connectivity index is 2.28. The van der Waals surface area contributed by atoms with Gasteiger partial charge in [-0.15, -0.1) is 0 Å². The fourth-order valence-corrected chi connectivity index (χ4v) is 2.06. The van der Waals surface area contributed by atoms with Gasteiger partial charge in [0.2, 0.25) is 5.91 Å². The number of hydrogen-bond donors (Lipinski definition) is 2. The first-order chi connectivity index (χ1) is 7.61. The van der Waals surface area contributed by atoms with Crippen LogP contribution in [0.5, 0.6) is 5.75 Å². The summed E-state index contributed by atoms with van der Waals surface area (Å²) >= 11 is 3.18. The molecule has 16 heavy (non-hydrogen) atoms. The van der Waals surface area contributed by atoms with Crippen LogP contribution in [0.15, 0.2) is 16.7 Å². The zero-order valence-electron chi connectivity index (χ0n) is 8.43. The molecule has 1 aromatic heterocycles. The number of carbonyl (C=O) groups excluding carboxylic acids is 1. The third-order valence-corrected chi connectivity index (χ3v) is 2.97. The van der Waals surface area contributed by atoms with Crippen molar-refractivity contribution in [3.8, 4) is 5.75 Å². The number of amides is 1. The lowest BCUT2D eigenvalue weighted by atomic mass is 10.1. The standard InChI is InChI=1S/C10H11BrN2O3/c11-7-2-8(15)10(12-3-7)13-4-6(5-14)1-9(13)16/h2-3,6,14-15H,1,4-5H2. The van der Waals surface area contributed by atoms with Crippen LogP contribution in [0.1, 0.15) is 6.42 Å². The molecule has 0 saturated carbocycles. The highest BCUT2D eigenvalue weighted by atomic mass is 79.9. The van der Waals surface area contributed by atoms with Crippen LogP contribution >= 0.6 is 15.9 Å². The maximum atomic E-state index is 11.6. The largest absolute Gasteiger partial charge is 0.504 e. The Labute approximate surface area is 101 Å². The van der Waals surface area contributed by atoms with Gasteiger partial charge < -0.3 is 10.2 Å². The normalized spacial score (nSPS) is 20.5. The number of aromatic hydroxyl groups is 1. The van der Waals surface area contributed by atoms with Gasteiger partial charge in [0, 0.05) is 36.2 Å². The van der Waals surface area contributed by atoms with Crippen molar-refractivity contribution in [3.05, 3.63) is 16.7 Å². The molecule has 0 aliphatic carbocycles. The average molecular weight is 287 g/mol. The molecule has 1 amide bonds. The molecular formula is C10H11BrN2O3. The van der Waals surface area contributed by atoms with Crippen LogP contribution in [0.3, 0.4) is 0 Å². The molecule has 0 spiro atoms. The highest BCUT2D eigenvalue weighted by molar-refractivity contribution is 9.10. The van der Waals surface area contributed by atoms with Crippen molar-refractivity contribution in [1.82, 2.24) is 4.98 Å². The molecule has 2 rings (SSSR count). The summed E-state index contributed by atoms with van der Waals surface area (Å²) in [6.45, 7) is 0.372. The van der Waals surface area contributed by atoms with E-state index in [0.717, 1.165) is 0 Å². The summed E-state index contributed by atoms with van der Waals surface area (Å²) in [5.41, 5.74) is 0. The summed E-state index contributed by atoms with van der Waals surface area (Å²) in [6.07, 6.45) is 1.82. The molecule has 6 heteroatoms. The molecule has 0 aromatic carbocycles. The summed E-state index contributed by atoms with van der Waals surface area (Å²) in [5.74, 6) is 0.0204. The summed E-state index contributed by atoms with van der Waals surface area (Å²) in [6, 6.07) is 1.49. The predicted octanol–water partition coefficient (Wildman–Crippen LogP) is 0.895. The lowest BCUT2D eigenvalue weighted by Crippen LogP contribution is -2.25. The Bertz CT molecular complexity index is 425. The van der Waals surface area contributed by atoms with Crippen molar-refractivity contribution in [2.24, 2.45) is 5.92 Å². The number of aliphatic hydroxyl groups is 1. The lowest BCUT2D eigenvalue weighted by Gasteiger charge is -2.16. The van der Waals surface area contributed by atoms with Crippen molar-refractivity contribution in [2.45, 2.75) is 6.42 Å². The minimum atomic E-state index is -0.121. The number of aliphatic hydroxyl groups excluding tert-OH is 1. The molecular weight excluding hydrogens is 276 g/mol. The molecule has 0 bridgehead atoms. The first-order valence-corrected chi connectivity index (χ1v) is 5.67. The Morgan fingerprint density at radius 3 is 2.94 bits per heavy atom. The minimum absolute atomic E-state index is 0.0282. The highest BCUT2D eigenvalue weighted by Gasteiger charge is 2.32. The van der Waals surface area contributed by atoms with Crippen LogP contribution < -0.4 is 4.90 Å². The summed E-state index contributed by atoms with van der Waals surface area (Å²) in [7, 11) is 0. The monoisotopic (exact) mass is 286 g/mol. The van der Waals surface area contributed by atoms with Crippen molar-refractivity contribution < 1.29 is 15.0 Å². The number of anilines is 1. The van der Waals surface area contributed by atoms with E-state index in [1.54, 1.807) is 0 Å². The quantitative estimate of drug-likeness (QED) is 0.847. The third kappa shape index (κ3) is 2.03. The number of nitrogens with zero attached hydrogens (tertiary/aromatic N) is 2. The molecule has 1 aliphatic rings. The van der Waals surface area contributed by atoms with E-state index in [1.165, 1.54) is 17.2 Å². The number of rotatable bonds is 2. The van der Waals surface area contributed by atoms with E-state index in [4.69, 9.17) is 5.11 Å². The number of aromatic nitrogens is 1. The maximum absolute atomic E-state index is 11.6. The zero-order chi connectivity index (χ0) is 11.7. The van der Waals surface area contributed by atoms with E-state index >= 15 is 0 Å². The van der Waals surface area contributed by atoms with Crippen LogP contribution in [-0.2, 0) is 4.79 Å². The summed E-state index contributed by atoms with van der Waals surface area (Å²) in [4.78, 5) is 17.0. The topological polar surface area (TPSA) is 73.7 Å². The van der Waals surface area contributed by atoms with Crippen molar-refractivity contribution in [1.29, 1.82) is 0 Å². The van der Waals surface area contributed by atoms with Crippen LogP contribution in [0.25, 0.3) is 0 Å². The molecule has 5 nitrogen and oxygen atoms in total. The first-order valence-electron chi connectivity index (χ1n) is 4.87. The highest BCUT2D eigenvalue weighted by Crippen LogP contribution is 2.31. The second-order valence-corrected chi connectivity index (χ2v) is 4.67. The van der Waals surface area contributed by atoms with E-state index in [1.807, 2.05) is 0 Å². The van der Waals surface area contributed by atoms with Crippen molar-refractivity contribution in [3.63, 3.8) is 0 Å². The Morgan fingerprint density at radius 2 is 2.38 bits per heavy atom. The van der Waals surface area contributed by atoms with Gasteiger partial charge in [-0.25, -0.2) is 4.98 Å². The average Bonchev–Trinajstić information content (AvgIpc) is 2.60. The van der Waals surface area contributed by atoms with E-state index in [-0.39, 0.29) is 30.0 Å². The summed E-state index contributed by atoms with van der Waals surface area (Å²) < 4.78 is 0.652. The van der Waals surface area contributed by atoms with Crippen LogP contribution in [0.2, 0.25) is 0 Å². The predicted molar refractivity (Wildman–Crippen MR) is 61.1 cm³/mol. The van der Waals surface area contributed by atoms with E-state index in [9.17, 15) is 9.90 Å². The Hall–Kier alpha value is -1.14. The lowest BCUT2D eigenvalue weighted by molar-refractivity contribution is -0.117. The van der Waals surface area contributed by atoms with Crippen LogP contribution in [-0.4, -0.2) is 34.3 Å². The molecule has 1 unspecified atom stereocenters. The molecule has 0 radical (unpaired) electrons. The SMILES string of the molecule is O=C1CC(CO)CN1c1ncc(Br)cc1O. The fraction of sp³-hybridized carbons (Fsp3) is 0.400. The number of halogens is 1. The number of pyridine rings is 1. The van der Waals surface area contributed by atoms with E-state index in [0.29, 0.717) is 17.4 Å². The molecule has 1 aromatic rings. The molecule has 1 fully saturated rings. The van der Waals surface area contributed by atoms with Crippen LogP contribution in [0, 0.1) is 5.92 Å². The molecule has 2 N–H and O–H groups in total. The van der Waals surface area contributed by atoms with Gasteiger partial charge in [-0.3, -0.25) is 9.69 Å². The van der Waals surface area contributed by atoms with Gasteiger partial charge in [-0.2, -0.15) is 0 Å². The molecule has 86 valence electrons. The number of carbonyl (C=O) groups is 1. The smallest absolute Gasteiger partial charge is 0.228 e. The third-order valence-electron chi connectivity index (χ3n) is 2.53. The van der Waals surface area contributed by atoms with Gasteiger partial charge >= 0.3 is 0 Å². The molecule has 1 atom stereocenters. The van der Waals surface area contributed by atoms with Gasteiger partial charge in [-0.05, 0) is 22.0 Å². The van der Waals surface area contributed by atoms with Gasteiger partial charge in [0.05, 0.1) is 0 Å². The second-order valence-electron chi connectivity index (χ2n) is 3.75. The van der Waals surface area contributed by atoms with Crippen LogP contribution in [0.4, 0.5) is 5.82 Å². The van der Waals surface area contributed by atoms with E-state index < -0.39 is 0 Å². The first kappa shape index (κ1) is 11.3. The second kappa shape index (κ2) is 4.39. The molecule has 1 saturated heterocycles. The minimum Gasteiger partial charge on any atom is -0.504 e. The molecule has 1 aliphatic heterocycles. The maximum Gasteiger partial charge on any atom is 0.228 e. The Morgan fingerprint density at radius 1 is 1.62 bits per heavy atom.